The van der Waals surface area contributed by atoms with Crippen molar-refractivity contribution in [2.24, 2.45) is 0 Å². The Hall–Kier alpha value is -2.54. The molecule has 0 saturated carbocycles. The number of nitrogens with one attached hydrogen (secondary N) is 2. The van der Waals surface area contributed by atoms with Crippen LogP contribution >= 0.6 is 0 Å². The second-order valence-corrected chi connectivity index (χ2v) is 5.79. The van der Waals surface area contributed by atoms with E-state index in [9.17, 15) is 4.79 Å². The number of aromatic nitrogens is 2. The van der Waals surface area contributed by atoms with Crippen LogP contribution in [0.4, 0.5) is 5.69 Å². The van der Waals surface area contributed by atoms with Crippen molar-refractivity contribution in [1.82, 2.24) is 15.1 Å². The van der Waals surface area contributed by atoms with Gasteiger partial charge in [-0.15, -0.1) is 0 Å². The molecule has 1 fully saturated rings. The van der Waals surface area contributed by atoms with Crippen molar-refractivity contribution in [3.05, 3.63) is 36.7 Å². The molecule has 7 heteroatoms. The fraction of sp³-hybridized carbons (Fsp3) is 0.412. The molecule has 2 N–H and O–H groups in total. The summed E-state index contributed by atoms with van der Waals surface area (Å²) in [7, 11) is 3.16. The van der Waals surface area contributed by atoms with Gasteiger partial charge in [0.05, 0.1) is 14.2 Å². The lowest BCUT2D eigenvalue weighted by Gasteiger charge is -2.36. The molecule has 1 aromatic carbocycles. The van der Waals surface area contributed by atoms with Gasteiger partial charge < -0.3 is 20.1 Å². The van der Waals surface area contributed by atoms with Gasteiger partial charge >= 0.3 is 0 Å². The third-order valence-electron chi connectivity index (χ3n) is 4.41. The molecular formula is C17H22N4O3. The van der Waals surface area contributed by atoms with E-state index in [1.807, 2.05) is 12.3 Å². The van der Waals surface area contributed by atoms with Crippen molar-refractivity contribution in [2.75, 3.05) is 32.6 Å². The van der Waals surface area contributed by atoms with Crippen LogP contribution in [-0.2, 0) is 10.3 Å². The molecule has 7 nitrogen and oxygen atoms in total. The van der Waals surface area contributed by atoms with Gasteiger partial charge in [-0.2, -0.15) is 5.10 Å². The Balaban J connectivity index is 1.89. The number of benzene rings is 1. The summed E-state index contributed by atoms with van der Waals surface area (Å²) in [4.78, 5) is 13.1. The molecule has 2 heterocycles. The maximum atomic E-state index is 13.1. The molecule has 1 aliphatic heterocycles. The van der Waals surface area contributed by atoms with E-state index in [1.54, 1.807) is 43.3 Å². The highest BCUT2D eigenvalue weighted by atomic mass is 16.5. The molecule has 0 spiro atoms. The smallest absolute Gasteiger partial charge is 0.252 e. The van der Waals surface area contributed by atoms with Crippen LogP contribution in [0.25, 0.3) is 0 Å². The number of hydrogen-bond acceptors (Lipinski definition) is 5. The fourth-order valence-electron chi connectivity index (χ4n) is 3.05. The number of carbonyl (C=O) groups excluding carboxylic acids is 1. The lowest BCUT2D eigenvalue weighted by molar-refractivity contribution is -0.126. The molecule has 128 valence electrons. The first-order chi connectivity index (χ1) is 11.7. The largest absolute Gasteiger partial charge is 0.497 e. The zero-order valence-corrected chi connectivity index (χ0v) is 13.9. The van der Waals surface area contributed by atoms with Gasteiger partial charge in [-0.25, -0.2) is 0 Å². The van der Waals surface area contributed by atoms with Crippen LogP contribution < -0.4 is 20.1 Å². The fourth-order valence-corrected chi connectivity index (χ4v) is 3.05. The van der Waals surface area contributed by atoms with Crippen LogP contribution in [0.3, 0.4) is 0 Å². The van der Waals surface area contributed by atoms with Gasteiger partial charge in [0.15, 0.2) is 0 Å². The highest BCUT2D eigenvalue weighted by Gasteiger charge is 2.42. The second kappa shape index (κ2) is 6.92. The van der Waals surface area contributed by atoms with Crippen LogP contribution in [0, 0.1) is 0 Å². The van der Waals surface area contributed by atoms with Gasteiger partial charge in [0.1, 0.15) is 17.0 Å². The van der Waals surface area contributed by atoms with Gasteiger partial charge in [0.25, 0.3) is 5.91 Å². The Kier molecular flexibility index (Phi) is 4.71. The summed E-state index contributed by atoms with van der Waals surface area (Å²) >= 11 is 0. The highest BCUT2D eigenvalue weighted by Crippen LogP contribution is 2.31. The number of piperidine rings is 1. The van der Waals surface area contributed by atoms with Crippen molar-refractivity contribution in [1.29, 1.82) is 0 Å². The Bertz CT molecular complexity index is 672. The van der Waals surface area contributed by atoms with Crippen molar-refractivity contribution in [3.63, 3.8) is 0 Å². The van der Waals surface area contributed by atoms with Crippen molar-refractivity contribution < 1.29 is 14.3 Å². The first-order valence-electron chi connectivity index (χ1n) is 7.93. The number of hydrogen-bond donors (Lipinski definition) is 2. The first kappa shape index (κ1) is 16.3. The lowest BCUT2D eigenvalue weighted by Crippen LogP contribution is -2.52. The average Bonchev–Trinajstić information content (AvgIpc) is 3.17. The normalized spacial score (nSPS) is 16.4. The zero-order chi connectivity index (χ0) is 17.0. The predicted octanol–water partition coefficient (Wildman–Crippen LogP) is 1.62. The first-order valence-corrected chi connectivity index (χ1v) is 7.93. The number of rotatable bonds is 5. The number of ether oxygens (including phenoxy) is 2. The van der Waals surface area contributed by atoms with Crippen molar-refractivity contribution in [2.45, 2.75) is 18.4 Å². The molecule has 1 aromatic heterocycles. The molecule has 0 unspecified atom stereocenters. The van der Waals surface area contributed by atoms with E-state index in [4.69, 9.17) is 9.47 Å². The maximum Gasteiger partial charge on any atom is 0.252 e. The summed E-state index contributed by atoms with van der Waals surface area (Å²) in [5.74, 6) is 1.18. The number of carbonyl (C=O) groups is 1. The SMILES string of the molecule is COc1cc(NC(=O)C2(n3cccn3)CCNCC2)cc(OC)c1. The lowest BCUT2D eigenvalue weighted by atomic mass is 9.87. The number of anilines is 1. The van der Waals surface area contributed by atoms with Crippen LogP contribution in [0.15, 0.2) is 36.7 Å². The van der Waals surface area contributed by atoms with Crippen molar-refractivity contribution >= 4 is 11.6 Å². The summed E-state index contributed by atoms with van der Waals surface area (Å²) in [5, 5.41) is 10.6. The van der Waals surface area contributed by atoms with E-state index in [0.717, 1.165) is 13.1 Å². The zero-order valence-electron chi connectivity index (χ0n) is 13.9. The molecule has 24 heavy (non-hydrogen) atoms. The number of methoxy groups -OCH3 is 2. The molecule has 2 aromatic rings. The van der Waals surface area contributed by atoms with Gasteiger partial charge in [0.2, 0.25) is 0 Å². The van der Waals surface area contributed by atoms with E-state index in [2.05, 4.69) is 15.7 Å². The molecule has 0 radical (unpaired) electrons. The summed E-state index contributed by atoms with van der Waals surface area (Å²) in [6, 6.07) is 7.16. The Morgan fingerprint density at radius 1 is 1.21 bits per heavy atom. The van der Waals surface area contributed by atoms with Crippen LogP contribution in [-0.4, -0.2) is 43.0 Å². The minimum Gasteiger partial charge on any atom is -0.497 e. The monoisotopic (exact) mass is 330 g/mol. The van der Waals surface area contributed by atoms with E-state index in [0.29, 0.717) is 30.0 Å². The summed E-state index contributed by atoms with van der Waals surface area (Å²) < 4.78 is 12.3. The van der Waals surface area contributed by atoms with E-state index in [-0.39, 0.29) is 5.91 Å². The topological polar surface area (TPSA) is 77.4 Å². The number of amides is 1. The Morgan fingerprint density at radius 2 is 1.88 bits per heavy atom. The van der Waals surface area contributed by atoms with Crippen LogP contribution in [0.5, 0.6) is 11.5 Å². The standard InChI is InChI=1S/C17H22N4O3/c1-23-14-10-13(11-15(12-14)24-2)20-16(22)17(4-7-18-8-5-17)21-9-3-6-19-21/h3,6,9-12,18H,4-5,7-8H2,1-2H3,(H,20,22). The van der Waals surface area contributed by atoms with E-state index in [1.165, 1.54) is 0 Å². The van der Waals surface area contributed by atoms with Crippen molar-refractivity contribution in [3.8, 4) is 11.5 Å². The molecule has 0 bridgehead atoms. The molecule has 1 amide bonds. The van der Waals surface area contributed by atoms with Gasteiger partial charge in [-0.3, -0.25) is 9.48 Å². The predicted molar refractivity (Wildman–Crippen MR) is 90.5 cm³/mol. The third-order valence-corrected chi connectivity index (χ3v) is 4.41. The number of nitrogens with zero attached hydrogens (tertiary/aromatic N) is 2. The van der Waals surface area contributed by atoms with E-state index < -0.39 is 5.54 Å². The second-order valence-electron chi connectivity index (χ2n) is 5.79. The van der Waals surface area contributed by atoms with Gasteiger partial charge in [-0.05, 0) is 32.0 Å². The third kappa shape index (κ3) is 3.07. The Morgan fingerprint density at radius 3 is 2.42 bits per heavy atom. The molecular weight excluding hydrogens is 308 g/mol. The average molecular weight is 330 g/mol. The molecule has 0 aliphatic carbocycles. The summed E-state index contributed by atoms with van der Waals surface area (Å²) in [6.07, 6.45) is 4.91. The van der Waals surface area contributed by atoms with Crippen LogP contribution in [0.2, 0.25) is 0 Å². The minimum absolute atomic E-state index is 0.0805. The quantitative estimate of drug-likeness (QED) is 0.871. The minimum atomic E-state index is -0.689. The Labute approximate surface area is 140 Å². The molecule has 1 aliphatic rings. The molecule has 3 rings (SSSR count). The van der Waals surface area contributed by atoms with Crippen LogP contribution in [0.1, 0.15) is 12.8 Å². The van der Waals surface area contributed by atoms with E-state index >= 15 is 0 Å². The van der Waals surface area contributed by atoms with Gasteiger partial charge in [-0.1, -0.05) is 0 Å². The summed E-state index contributed by atoms with van der Waals surface area (Å²) in [5.41, 5.74) is -0.0494. The summed E-state index contributed by atoms with van der Waals surface area (Å²) in [6.45, 7) is 1.55. The molecule has 0 atom stereocenters. The maximum absolute atomic E-state index is 13.1. The highest BCUT2D eigenvalue weighted by molar-refractivity contribution is 5.97. The molecule has 1 saturated heterocycles. The van der Waals surface area contributed by atoms with Gasteiger partial charge in [0, 0.05) is 36.3 Å².